The fraction of sp³-hybridized carbons (Fsp3) is 0.286. The first-order valence-electron chi connectivity index (χ1n) is 9.11. The number of ether oxygens (including phenoxy) is 1. The zero-order valence-corrected chi connectivity index (χ0v) is 15.7. The van der Waals surface area contributed by atoms with Gasteiger partial charge in [0.1, 0.15) is 11.6 Å². The quantitative estimate of drug-likeness (QED) is 0.754. The zero-order chi connectivity index (χ0) is 21.0. The molecule has 6 nitrogen and oxygen atoms in total. The van der Waals surface area contributed by atoms with Gasteiger partial charge in [-0.15, -0.1) is 0 Å². The van der Waals surface area contributed by atoms with Gasteiger partial charge in [-0.1, -0.05) is 30.3 Å². The van der Waals surface area contributed by atoms with E-state index >= 15 is 0 Å². The molecule has 1 fully saturated rings. The number of amides is 2. The minimum absolute atomic E-state index is 0.00382. The van der Waals surface area contributed by atoms with Gasteiger partial charge in [0.05, 0.1) is 17.6 Å². The number of nitrogens with one attached hydrogen (secondary N) is 1. The molecule has 1 aliphatic rings. The summed E-state index contributed by atoms with van der Waals surface area (Å²) in [5.41, 5.74) is 0.608. The molecular weight excluding hydrogens is 382 g/mol. The van der Waals surface area contributed by atoms with E-state index in [9.17, 15) is 23.2 Å². The number of anilines is 1. The number of carbonyl (C=O) groups excluding carboxylic acids is 3. The van der Waals surface area contributed by atoms with E-state index in [4.69, 9.17) is 4.74 Å². The maximum Gasteiger partial charge on any atom is 0.311 e. The second kappa shape index (κ2) is 8.81. The molecule has 2 aromatic carbocycles. The van der Waals surface area contributed by atoms with Crippen molar-refractivity contribution in [1.29, 1.82) is 0 Å². The first-order valence-corrected chi connectivity index (χ1v) is 9.11. The molecule has 0 aromatic heterocycles. The lowest BCUT2D eigenvalue weighted by Gasteiger charge is -2.25. The number of carbonyl (C=O) groups is 3. The molecule has 8 heteroatoms. The molecular formula is C21H20F2N2O4. The Morgan fingerprint density at radius 1 is 1.21 bits per heavy atom. The highest BCUT2D eigenvalue weighted by Crippen LogP contribution is 2.29. The van der Waals surface area contributed by atoms with Gasteiger partial charge in [-0.2, -0.15) is 0 Å². The molecule has 3 rings (SSSR count). The van der Waals surface area contributed by atoms with E-state index < -0.39 is 36.0 Å². The van der Waals surface area contributed by atoms with Crippen molar-refractivity contribution in [1.82, 2.24) is 4.90 Å². The molecule has 0 aliphatic carbocycles. The molecule has 2 amide bonds. The van der Waals surface area contributed by atoms with Crippen molar-refractivity contribution in [3.8, 4) is 0 Å². The predicted octanol–water partition coefficient (Wildman–Crippen LogP) is 3.06. The molecule has 1 heterocycles. The largest absolute Gasteiger partial charge is 0.455 e. The van der Waals surface area contributed by atoms with E-state index in [1.807, 2.05) is 37.3 Å². The van der Waals surface area contributed by atoms with Crippen LogP contribution >= 0.6 is 0 Å². The molecule has 0 bridgehead atoms. The fourth-order valence-corrected chi connectivity index (χ4v) is 3.21. The lowest BCUT2D eigenvalue weighted by molar-refractivity contribution is -0.151. The maximum absolute atomic E-state index is 13.5. The lowest BCUT2D eigenvalue weighted by atomic mass is 10.1. The van der Waals surface area contributed by atoms with Gasteiger partial charge in [0.15, 0.2) is 6.61 Å². The monoisotopic (exact) mass is 402 g/mol. The predicted molar refractivity (Wildman–Crippen MR) is 101 cm³/mol. The van der Waals surface area contributed by atoms with Crippen LogP contribution in [0.3, 0.4) is 0 Å². The van der Waals surface area contributed by atoms with E-state index in [-0.39, 0.29) is 30.6 Å². The van der Waals surface area contributed by atoms with Gasteiger partial charge in [-0.05, 0) is 24.6 Å². The highest BCUT2D eigenvalue weighted by atomic mass is 19.1. The fourth-order valence-electron chi connectivity index (χ4n) is 3.21. The smallest absolute Gasteiger partial charge is 0.311 e. The molecule has 1 saturated heterocycles. The first-order chi connectivity index (χ1) is 13.8. The minimum Gasteiger partial charge on any atom is -0.455 e. The number of hydrogen-bond donors (Lipinski definition) is 1. The van der Waals surface area contributed by atoms with E-state index in [1.165, 1.54) is 0 Å². The summed E-state index contributed by atoms with van der Waals surface area (Å²) in [5, 5.41) is 2.15. The summed E-state index contributed by atoms with van der Waals surface area (Å²) in [6.45, 7) is 1.41. The van der Waals surface area contributed by atoms with Crippen LogP contribution in [-0.4, -0.2) is 35.8 Å². The second-order valence-electron chi connectivity index (χ2n) is 6.81. The molecule has 0 radical (unpaired) electrons. The van der Waals surface area contributed by atoms with Crippen LogP contribution in [-0.2, 0) is 19.1 Å². The summed E-state index contributed by atoms with van der Waals surface area (Å²) in [6.07, 6.45) is -0.00382. The first kappa shape index (κ1) is 20.4. The van der Waals surface area contributed by atoms with Gasteiger partial charge >= 0.3 is 5.97 Å². The third kappa shape index (κ3) is 4.96. The molecule has 1 aliphatic heterocycles. The highest BCUT2D eigenvalue weighted by molar-refractivity contribution is 5.93. The Kier molecular flexibility index (Phi) is 6.21. The summed E-state index contributed by atoms with van der Waals surface area (Å²) in [5.74, 6) is -3.87. The standard InChI is InChI=1S/C21H20F2N2O4/c1-13(14-5-3-2-4-6-14)25-11-15(9-20(25)27)21(28)29-12-19(26)24-18-10-16(22)7-8-17(18)23/h2-8,10,13,15H,9,11-12H2,1H3,(H,24,26)/t13-,15-/m0/s1. The van der Waals surface area contributed by atoms with Gasteiger partial charge in [0.25, 0.3) is 5.91 Å². The van der Waals surface area contributed by atoms with Crippen LogP contribution in [0.4, 0.5) is 14.5 Å². The number of likely N-dealkylation sites (tertiary alicyclic amines) is 1. The molecule has 152 valence electrons. The molecule has 0 saturated carbocycles. The Bertz CT molecular complexity index is 920. The Labute approximate surface area is 166 Å². The number of nitrogens with zero attached hydrogens (tertiary/aromatic N) is 1. The summed E-state index contributed by atoms with van der Waals surface area (Å²) in [4.78, 5) is 38.0. The van der Waals surface area contributed by atoms with Crippen molar-refractivity contribution in [2.24, 2.45) is 5.92 Å². The Morgan fingerprint density at radius 2 is 1.93 bits per heavy atom. The van der Waals surface area contributed by atoms with Crippen LogP contribution < -0.4 is 5.32 Å². The minimum atomic E-state index is -0.807. The van der Waals surface area contributed by atoms with Crippen molar-refractivity contribution in [3.05, 3.63) is 65.7 Å². The van der Waals surface area contributed by atoms with Crippen molar-refractivity contribution in [3.63, 3.8) is 0 Å². The molecule has 0 spiro atoms. The van der Waals surface area contributed by atoms with Gasteiger partial charge in [-0.3, -0.25) is 14.4 Å². The number of rotatable bonds is 6. The van der Waals surface area contributed by atoms with Crippen molar-refractivity contribution in [2.45, 2.75) is 19.4 Å². The van der Waals surface area contributed by atoms with Crippen LogP contribution in [0.15, 0.2) is 48.5 Å². The zero-order valence-electron chi connectivity index (χ0n) is 15.7. The van der Waals surface area contributed by atoms with Crippen LogP contribution in [0.5, 0.6) is 0 Å². The molecule has 2 aromatic rings. The summed E-state index contributed by atoms with van der Waals surface area (Å²) >= 11 is 0. The third-order valence-corrected chi connectivity index (χ3v) is 4.79. The SMILES string of the molecule is C[C@@H](c1ccccc1)N1C[C@@H](C(=O)OCC(=O)Nc2cc(F)ccc2F)CC1=O. The number of benzene rings is 2. The molecule has 29 heavy (non-hydrogen) atoms. The van der Waals surface area contributed by atoms with Gasteiger partial charge in [0, 0.05) is 19.0 Å². The Hall–Kier alpha value is -3.29. The summed E-state index contributed by atoms with van der Waals surface area (Å²) in [6, 6.07) is 11.9. The van der Waals surface area contributed by atoms with Crippen molar-refractivity contribution >= 4 is 23.5 Å². The van der Waals surface area contributed by atoms with Crippen LogP contribution in [0.2, 0.25) is 0 Å². The van der Waals surface area contributed by atoms with E-state index in [0.29, 0.717) is 0 Å². The average molecular weight is 402 g/mol. The summed E-state index contributed by atoms with van der Waals surface area (Å²) < 4.78 is 31.6. The van der Waals surface area contributed by atoms with Gasteiger partial charge in [0.2, 0.25) is 5.91 Å². The molecule has 2 atom stereocenters. The number of esters is 1. The van der Waals surface area contributed by atoms with E-state index in [1.54, 1.807) is 4.90 Å². The normalized spacial score (nSPS) is 17.1. The van der Waals surface area contributed by atoms with Crippen LogP contribution in [0.25, 0.3) is 0 Å². The molecule has 0 unspecified atom stereocenters. The van der Waals surface area contributed by atoms with Crippen molar-refractivity contribution in [2.75, 3.05) is 18.5 Å². The van der Waals surface area contributed by atoms with Gasteiger partial charge < -0.3 is 15.0 Å². The van der Waals surface area contributed by atoms with Crippen LogP contribution in [0, 0.1) is 17.6 Å². The second-order valence-corrected chi connectivity index (χ2v) is 6.81. The third-order valence-electron chi connectivity index (χ3n) is 4.79. The van der Waals surface area contributed by atoms with Crippen LogP contribution in [0.1, 0.15) is 24.9 Å². The highest BCUT2D eigenvalue weighted by Gasteiger charge is 2.38. The van der Waals surface area contributed by atoms with Gasteiger partial charge in [-0.25, -0.2) is 8.78 Å². The average Bonchev–Trinajstić information content (AvgIpc) is 3.10. The topological polar surface area (TPSA) is 75.7 Å². The lowest BCUT2D eigenvalue weighted by Crippen LogP contribution is -2.30. The molecule has 1 N–H and O–H groups in total. The Morgan fingerprint density at radius 3 is 2.66 bits per heavy atom. The number of hydrogen-bond acceptors (Lipinski definition) is 4. The summed E-state index contributed by atoms with van der Waals surface area (Å²) in [7, 11) is 0. The van der Waals surface area contributed by atoms with Crippen molar-refractivity contribution < 1.29 is 27.9 Å². The van der Waals surface area contributed by atoms with E-state index in [0.717, 1.165) is 23.8 Å². The van der Waals surface area contributed by atoms with E-state index in [2.05, 4.69) is 5.32 Å². The Balaban J connectivity index is 1.53. The maximum atomic E-state index is 13.5. The number of halogens is 2.